The maximum absolute atomic E-state index is 10.9. The van der Waals surface area contributed by atoms with Crippen molar-refractivity contribution in [3.8, 4) is 0 Å². The highest BCUT2D eigenvalue weighted by atomic mass is 32.1. The molecular weight excluding hydrogens is 222 g/mol. The first-order valence-corrected chi connectivity index (χ1v) is 6.17. The lowest BCUT2D eigenvalue weighted by molar-refractivity contribution is -0.119. The van der Waals surface area contributed by atoms with Gasteiger partial charge < -0.3 is 16.4 Å². The molecule has 0 saturated heterocycles. The van der Waals surface area contributed by atoms with Crippen molar-refractivity contribution in [3.63, 3.8) is 0 Å². The molecule has 0 bridgehead atoms. The maximum Gasteiger partial charge on any atom is 0.219 e. The molecule has 5 heteroatoms. The fourth-order valence-corrected chi connectivity index (χ4v) is 2.52. The third-order valence-electron chi connectivity index (χ3n) is 2.76. The van der Waals surface area contributed by atoms with Crippen molar-refractivity contribution < 1.29 is 4.79 Å². The zero-order valence-electron chi connectivity index (χ0n) is 10.0. The van der Waals surface area contributed by atoms with Crippen LogP contribution < -0.4 is 16.4 Å². The fraction of sp³-hybridized carbons (Fsp3) is 0.818. The van der Waals surface area contributed by atoms with Crippen LogP contribution >= 0.6 is 12.2 Å². The predicted octanol–water partition coefficient (Wildman–Crippen LogP) is 1.05. The fourth-order valence-electron chi connectivity index (χ4n) is 2.08. The Labute approximate surface area is 102 Å². The topological polar surface area (TPSA) is 67.2 Å². The van der Waals surface area contributed by atoms with E-state index in [9.17, 15) is 4.79 Å². The van der Waals surface area contributed by atoms with Gasteiger partial charge in [0.1, 0.15) is 0 Å². The van der Waals surface area contributed by atoms with E-state index in [4.69, 9.17) is 18.0 Å². The highest BCUT2D eigenvalue weighted by Gasteiger charge is 2.23. The lowest BCUT2D eigenvalue weighted by Gasteiger charge is -2.28. The van der Waals surface area contributed by atoms with Gasteiger partial charge in [-0.05, 0) is 38.9 Å². The van der Waals surface area contributed by atoms with Gasteiger partial charge in [0.15, 0.2) is 5.11 Å². The van der Waals surface area contributed by atoms with E-state index in [-0.39, 0.29) is 17.9 Å². The van der Waals surface area contributed by atoms with E-state index in [1.54, 1.807) is 0 Å². The summed E-state index contributed by atoms with van der Waals surface area (Å²) in [6, 6.07) is 0.490. The Morgan fingerprint density at radius 1 is 1.44 bits per heavy atom. The van der Waals surface area contributed by atoms with E-state index in [0.29, 0.717) is 11.2 Å². The minimum Gasteiger partial charge on any atom is -0.370 e. The lowest BCUT2D eigenvalue weighted by atomic mass is 10.0. The van der Waals surface area contributed by atoms with Crippen LogP contribution in [0.3, 0.4) is 0 Å². The Morgan fingerprint density at radius 3 is 2.50 bits per heavy atom. The SMILES string of the molecule is CC(C)(CC(N)=O)NC(=S)NC1CCCC1. The molecule has 1 fully saturated rings. The summed E-state index contributed by atoms with van der Waals surface area (Å²) in [6.07, 6.45) is 5.17. The van der Waals surface area contributed by atoms with Crippen molar-refractivity contribution in [2.24, 2.45) is 5.73 Å². The van der Waals surface area contributed by atoms with Crippen LogP contribution in [0.2, 0.25) is 0 Å². The van der Waals surface area contributed by atoms with Gasteiger partial charge in [-0.2, -0.15) is 0 Å². The molecule has 0 aromatic heterocycles. The molecule has 0 aliphatic heterocycles. The van der Waals surface area contributed by atoms with Gasteiger partial charge in [-0.15, -0.1) is 0 Å². The number of rotatable bonds is 4. The van der Waals surface area contributed by atoms with Crippen molar-refractivity contribution in [1.82, 2.24) is 10.6 Å². The van der Waals surface area contributed by atoms with Crippen LogP contribution in [0.5, 0.6) is 0 Å². The van der Waals surface area contributed by atoms with Crippen LogP contribution in [0.1, 0.15) is 46.0 Å². The first-order chi connectivity index (χ1) is 7.39. The van der Waals surface area contributed by atoms with Gasteiger partial charge in [-0.1, -0.05) is 12.8 Å². The zero-order chi connectivity index (χ0) is 12.2. The van der Waals surface area contributed by atoms with Gasteiger partial charge in [0.2, 0.25) is 5.91 Å². The summed E-state index contributed by atoms with van der Waals surface area (Å²) in [5.41, 5.74) is 4.79. The second-order valence-electron chi connectivity index (χ2n) is 5.11. The van der Waals surface area contributed by atoms with Crippen LogP contribution in [0, 0.1) is 0 Å². The molecule has 4 N–H and O–H groups in total. The molecule has 1 saturated carbocycles. The minimum atomic E-state index is -0.380. The summed E-state index contributed by atoms with van der Waals surface area (Å²) >= 11 is 5.22. The number of thiocarbonyl (C=S) groups is 1. The number of carbonyl (C=O) groups excluding carboxylic acids is 1. The molecule has 0 atom stereocenters. The van der Waals surface area contributed by atoms with Crippen LogP contribution in [-0.2, 0) is 4.79 Å². The summed E-state index contributed by atoms with van der Waals surface area (Å²) in [4.78, 5) is 10.9. The molecule has 92 valence electrons. The summed E-state index contributed by atoms with van der Waals surface area (Å²) in [5.74, 6) is -0.318. The quantitative estimate of drug-likeness (QED) is 0.646. The number of amides is 1. The van der Waals surface area contributed by atoms with E-state index in [0.717, 1.165) is 0 Å². The molecule has 4 nitrogen and oxygen atoms in total. The van der Waals surface area contributed by atoms with Gasteiger partial charge in [-0.25, -0.2) is 0 Å². The number of carbonyl (C=O) groups is 1. The highest BCUT2D eigenvalue weighted by molar-refractivity contribution is 7.80. The van der Waals surface area contributed by atoms with Gasteiger partial charge in [0.25, 0.3) is 0 Å². The highest BCUT2D eigenvalue weighted by Crippen LogP contribution is 2.17. The van der Waals surface area contributed by atoms with E-state index in [1.165, 1.54) is 25.7 Å². The Kier molecular flexibility index (Phi) is 4.53. The van der Waals surface area contributed by atoms with Crippen LogP contribution in [0.15, 0.2) is 0 Å². The first-order valence-electron chi connectivity index (χ1n) is 5.76. The summed E-state index contributed by atoms with van der Waals surface area (Å²) in [5, 5.41) is 7.03. The molecule has 0 radical (unpaired) electrons. The Morgan fingerprint density at radius 2 is 2.00 bits per heavy atom. The second kappa shape index (κ2) is 5.48. The minimum absolute atomic E-state index is 0.277. The van der Waals surface area contributed by atoms with Gasteiger partial charge >= 0.3 is 0 Å². The molecule has 1 rings (SSSR count). The maximum atomic E-state index is 10.9. The molecule has 0 unspecified atom stereocenters. The second-order valence-corrected chi connectivity index (χ2v) is 5.52. The van der Waals surface area contributed by atoms with Crippen molar-refractivity contribution >= 4 is 23.2 Å². The zero-order valence-corrected chi connectivity index (χ0v) is 10.8. The van der Waals surface area contributed by atoms with Crippen LogP contribution in [0.4, 0.5) is 0 Å². The molecule has 0 aromatic rings. The van der Waals surface area contributed by atoms with E-state index >= 15 is 0 Å². The molecule has 16 heavy (non-hydrogen) atoms. The standard InChI is InChI=1S/C11H21N3OS/c1-11(2,7-9(12)15)14-10(16)13-8-5-3-4-6-8/h8H,3-7H2,1-2H3,(H2,12,15)(H2,13,14,16). The first kappa shape index (κ1) is 13.2. The van der Waals surface area contributed by atoms with Crippen molar-refractivity contribution in [1.29, 1.82) is 0 Å². The third-order valence-corrected chi connectivity index (χ3v) is 2.98. The Bertz CT molecular complexity index is 272. The normalized spacial score (nSPS) is 17.1. The number of primary amides is 1. The summed E-state index contributed by atoms with van der Waals surface area (Å²) in [6.45, 7) is 3.83. The number of hydrogen-bond donors (Lipinski definition) is 3. The van der Waals surface area contributed by atoms with Gasteiger partial charge in [0, 0.05) is 18.0 Å². The lowest BCUT2D eigenvalue weighted by Crippen LogP contribution is -2.51. The monoisotopic (exact) mass is 243 g/mol. The predicted molar refractivity (Wildman–Crippen MR) is 69.0 cm³/mol. The van der Waals surface area contributed by atoms with Gasteiger partial charge in [0.05, 0.1) is 0 Å². The smallest absolute Gasteiger partial charge is 0.219 e. The average molecular weight is 243 g/mol. The molecule has 1 amide bonds. The van der Waals surface area contributed by atoms with E-state index in [2.05, 4.69) is 10.6 Å². The summed E-state index contributed by atoms with van der Waals surface area (Å²) in [7, 11) is 0. The van der Waals surface area contributed by atoms with E-state index in [1.807, 2.05) is 13.8 Å². The molecular formula is C11H21N3OS. The van der Waals surface area contributed by atoms with Crippen molar-refractivity contribution in [3.05, 3.63) is 0 Å². The number of nitrogens with two attached hydrogens (primary N) is 1. The number of nitrogens with one attached hydrogen (secondary N) is 2. The van der Waals surface area contributed by atoms with E-state index < -0.39 is 0 Å². The third kappa shape index (κ3) is 4.79. The van der Waals surface area contributed by atoms with Gasteiger partial charge in [-0.3, -0.25) is 4.79 Å². The molecule has 1 aliphatic carbocycles. The molecule has 0 spiro atoms. The van der Waals surface area contributed by atoms with Crippen LogP contribution in [-0.4, -0.2) is 22.6 Å². The largest absolute Gasteiger partial charge is 0.370 e. The summed E-state index contributed by atoms with van der Waals surface area (Å²) < 4.78 is 0. The van der Waals surface area contributed by atoms with Crippen molar-refractivity contribution in [2.45, 2.75) is 57.5 Å². The molecule has 0 aromatic carbocycles. The Balaban J connectivity index is 2.34. The van der Waals surface area contributed by atoms with Crippen molar-refractivity contribution in [2.75, 3.05) is 0 Å². The Hall–Kier alpha value is -0.840. The number of hydrogen-bond acceptors (Lipinski definition) is 2. The van der Waals surface area contributed by atoms with Crippen LogP contribution in [0.25, 0.3) is 0 Å². The molecule has 0 heterocycles. The average Bonchev–Trinajstić information content (AvgIpc) is 2.51. The molecule has 1 aliphatic rings.